The average Bonchev–Trinajstić information content (AvgIpc) is 3.34. The Labute approximate surface area is 161 Å². The van der Waals surface area contributed by atoms with Crippen LogP contribution in [-0.4, -0.2) is 22.4 Å². The molecule has 0 radical (unpaired) electrons. The zero-order valence-electron chi connectivity index (χ0n) is 15.6. The Morgan fingerprint density at radius 3 is 2.43 bits per heavy atom. The quantitative estimate of drug-likeness (QED) is 0.664. The predicted octanol–water partition coefficient (Wildman–Crippen LogP) is 5.66. The number of alkyl halides is 3. The lowest BCUT2D eigenvalue weighted by Gasteiger charge is -2.16. The molecule has 2 aromatic rings. The molecule has 0 atom stereocenters. The van der Waals surface area contributed by atoms with Crippen LogP contribution in [-0.2, 0) is 0 Å². The van der Waals surface area contributed by atoms with Gasteiger partial charge in [-0.05, 0) is 56.4 Å². The van der Waals surface area contributed by atoms with Crippen LogP contribution < -0.4 is 15.4 Å². The van der Waals surface area contributed by atoms with Gasteiger partial charge >= 0.3 is 6.36 Å². The lowest BCUT2D eigenvalue weighted by Crippen LogP contribution is -2.18. The molecule has 2 N–H and O–H groups in total. The molecule has 1 heterocycles. The van der Waals surface area contributed by atoms with Crippen LogP contribution in [0.3, 0.4) is 0 Å². The third-order valence-corrected chi connectivity index (χ3v) is 5.12. The zero-order valence-corrected chi connectivity index (χ0v) is 15.6. The summed E-state index contributed by atoms with van der Waals surface area (Å²) >= 11 is 0. The lowest BCUT2D eigenvalue weighted by molar-refractivity contribution is -0.274. The van der Waals surface area contributed by atoms with Gasteiger partial charge in [-0.3, -0.25) is 0 Å². The first-order valence-electron chi connectivity index (χ1n) is 9.65. The van der Waals surface area contributed by atoms with Crippen molar-refractivity contribution in [3.63, 3.8) is 0 Å². The van der Waals surface area contributed by atoms with E-state index >= 15 is 0 Å². The summed E-state index contributed by atoms with van der Waals surface area (Å²) in [5, 5.41) is 6.66. The van der Waals surface area contributed by atoms with Gasteiger partial charge < -0.3 is 15.4 Å². The molecule has 0 amide bonds. The van der Waals surface area contributed by atoms with Crippen molar-refractivity contribution >= 4 is 17.5 Å². The van der Waals surface area contributed by atoms with Crippen molar-refractivity contribution in [3.05, 3.63) is 35.5 Å². The Morgan fingerprint density at radius 1 is 1.04 bits per heavy atom. The molecule has 150 valence electrons. The second kappa shape index (κ2) is 7.48. The standard InChI is InChI=1S/C20H23F3N4O/c1-12-10-15(28-20(21,22)23)8-9-16(12)25-18-11-17(13-6-7-13)26-19(27-18)24-14-4-2-3-5-14/h8-11,13-14H,2-7H2,1H3,(H2,24,25,26,27). The first-order chi connectivity index (χ1) is 13.4. The van der Waals surface area contributed by atoms with Crippen LogP contribution in [0.2, 0.25) is 0 Å². The van der Waals surface area contributed by atoms with Crippen LogP contribution in [0.25, 0.3) is 0 Å². The van der Waals surface area contributed by atoms with Crippen molar-refractivity contribution < 1.29 is 17.9 Å². The first kappa shape index (κ1) is 18.8. The number of benzene rings is 1. The normalized spacial score (nSPS) is 17.6. The Morgan fingerprint density at radius 2 is 1.79 bits per heavy atom. The van der Waals surface area contributed by atoms with E-state index in [1.807, 2.05) is 6.07 Å². The second-order valence-electron chi connectivity index (χ2n) is 7.55. The van der Waals surface area contributed by atoms with Crippen molar-refractivity contribution in [2.45, 2.75) is 63.8 Å². The van der Waals surface area contributed by atoms with Gasteiger partial charge in [0.05, 0.1) is 5.69 Å². The number of hydrogen-bond acceptors (Lipinski definition) is 5. The number of hydrogen-bond donors (Lipinski definition) is 2. The minimum Gasteiger partial charge on any atom is -0.406 e. The number of nitrogens with one attached hydrogen (secondary N) is 2. The molecule has 2 aliphatic carbocycles. The van der Waals surface area contributed by atoms with Gasteiger partial charge in [-0.25, -0.2) is 4.98 Å². The smallest absolute Gasteiger partial charge is 0.406 e. The number of aromatic nitrogens is 2. The van der Waals surface area contributed by atoms with E-state index in [0.29, 0.717) is 35.0 Å². The molecule has 0 spiro atoms. The molecule has 2 aliphatic rings. The van der Waals surface area contributed by atoms with Crippen molar-refractivity contribution in [1.82, 2.24) is 9.97 Å². The van der Waals surface area contributed by atoms with E-state index in [9.17, 15) is 13.2 Å². The number of anilines is 3. The molecule has 0 aliphatic heterocycles. The largest absolute Gasteiger partial charge is 0.573 e. The predicted molar refractivity (Wildman–Crippen MR) is 101 cm³/mol. The average molecular weight is 392 g/mol. The summed E-state index contributed by atoms with van der Waals surface area (Å²) in [7, 11) is 0. The van der Waals surface area contributed by atoms with Gasteiger partial charge in [-0.2, -0.15) is 4.98 Å². The van der Waals surface area contributed by atoms with Gasteiger partial charge in [0.25, 0.3) is 0 Å². The summed E-state index contributed by atoms with van der Waals surface area (Å²) in [6, 6.07) is 6.55. The maximum Gasteiger partial charge on any atom is 0.573 e. The Balaban J connectivity index is 1.54. The molecule has 5 nitrogen and oxygen atoms in total. The number of halogens is 3. The number of aryl methyl sites for hydroxylation is 1. The summed E-state index contributed by atoms with van der Waals surface area (Å²) in [6.07, 6.45) is 2.24. The van der Waals surface area contributed by atoms with E-state index in [4.69, 9.17) is 0 Å². The fraction of sp³-hybridized carbons (Fsp3) is 0.500. The third-order valence-electron chi connectivity index (χ3n) is 5.12. The van der Waals surface area contributed by atoms with Gasteiger partial charge in [-0.15, -0.1) is 13.2 Å². The number of ether oxygens (including phenoxy) is 1. The molecule has 8 heteroatoms. The molecule has 0 bridgehead atoms. The van der Waals surface area contributed by atoms with Crippen LogP contribution >= 0.6 is 0 Å². The van der Waals surface area contributed by atoms with Crippen LogP contribution in [0.1, 0.15) is 55.7 Å². The van der Waals surface area contributed by atoms with Gasteiger partial charge in [0, 0.05) is 23.7 Å². The van der Waals surface area contributed by atoms with E-state index in [-0.39, 0.29) is 5.75 Å². The Hall–Kier alpha value is -2.51. The topological polar surface area (TPSA) is 59.1 Å². The van der Waals surface area contributed by atoms with Crippen molar-refractivity contribution in [1.29, 1.82) is 0 Å². The summed E-state index contributed by atoms with van der Waals surface area (Å²) in [4.78, 5) is 9.25. The highest BCUT2D eigenvalue weighted by Crippen LogP contribution is 2.40. The fourth-order valence-corrected chi connectivity index (χ4v) is 3.55. The maximum atomic E-state index is 12.4. The summed E-state index contributed by atoms with van der Waals surface area (Å²) in [6.45, 7) is 1.73. The molecule has 1 aromatic heterocycles. The second-order valence-corrected chi connectivity index (χ2v) is 7.55. The van der Waals surface area contributed by atoms with Crippen LogP contribution in [0.5, 0.6) is 5.75 Å². The molecular formula is C20H23F3N4O. The summed E-state index contributed by atoms with van der Waals surface area (Å²) in [5.41, 5.74) is 2.33. The fourth-order valence-electron chi connectivity index (χ4n) is 3.55. The highest BCUT2D eigenvalue weighted by molar-refractivity contribution is 5.63. The molecule has 28 heavy (non-hydrogen) atoms. The monoisotopic (exact) mass is 392 g/mol. The van der Waals surface area contributed by atoms with Crippen molar-refractivity contribution in [2.75, 3.05) is 10.6 Å². The summed E-state index contributed by atoms with van der Waals surface area (Å²) in [5.74, 6) is 1.50. The van der Waals surface area contributed by atoms with E-state index in [1.165, 1.54) is 25.0 Å². The summed E-state index contributed by atoms with van der Waals surface area (Å²) < 4.78 is 41.2. The van der Waals surface area contributed by atoms with E-state index < -0.39 is 6.36 Å². The van der Waals surface area contributed by atoms with Crippen molar-refractivity contribution in [3.8, 4) is 5.75 Å². The van der Waals surface area contributed by atoms with Gasteiger partial charge in [0.2, 0.25) is 5.95 Å². The molecule has 2 saturated carbocycles. The van der Waals surface area contributed by atoms with Crippen LogP contribution in [0.15, 0.2) is 24.3 Å². The molecule has 0 unspecified atom stereocenters. The van der Waals surface area contributed by atoms with Crippen LogP contribution in [0.4, 0.5) is 30.6 Å². The van der Waals surface area contributed by atoms with Crippen LogP contribution in [0, 0.1) is 6.92 Å². The lowest BCUT2D eigenvalue weighted by atomic mass is 10.2. The SMILES string of the molecule is Cc1cc(OC(F)(F)F)ccc1Nc1cc(C2CC2)nc(NC2CCCC2)n1. The third kappa shape index (κ3) is 4.85. The van der Waals surface area contributed by atoms with E-state index in [0.717, 1.165) is 31.4 Å². The maximum absolute atomic E-state index is 12.4. The highest BCUT2D eigenvalue weighted by Gasteiger charge is 2.31. The molecule has 0 saturated heterocycles. The highest BCUT2D eigenvalue weighted by atomic mass is 19.4. The Kier molecular flexibility index (Phi) is 5.03. The van der Waals surface area contributed by atoms with Gasteiger partial charge in [0.1, 0.15) is 11.6 Å². The first-order valence-corrected chi connectivity index (χ1v) is 9.65. The molecular weight excluding hydrogens is 369 g/mol. The van der Waals surface area contributed by atoms with E-state index in [2.05, 4.69) is 25.3 Å². The van der Waals surface area contributed by atoms with Gasteiger partial charge in [-0.1, -0.05) is 12.8 Å². The molecule has 2 fully saturated rings. The number of rotatable bonds is 6. The zero-order chi connectivity index (χ0) is 19.7. The minimum absolute atomic E-state index is 0.236. The number of nitrogens with zero attached hydrogens (tertiary/aromatic N) is 2. The Bertz CT molecular complexity index is 846. The molecule has 1 aromatic carbocycles. The minimum atomic E-state index is -4.70. The molecule has 4 rings (SSSR count). The van der Waals surface area contributed by atoms with Gasteiger partial charge in [0.15, 0.2) is 0 Å². The van der Waals surface area contributed by atoms with Crippen molar-refractivity contribution in [2.24, 2.45) is 0 Å². The van der Waals surface area contributed by atoms with E-state index in [1.54, 1.807) is 13.0 Å².